The van der Waals surface area contributed by atoms with Crippen molar-refractivity contribution < 1.29 is 9.47 Å². The van der Waals surface area contributed by atoms with E-state index in [2.05, 4.69) is 13.8 Å². The number of hydrogen-bond acceptors (Lipinski definition) is 4. The first kappa shape index (κ1) is 18.7. The van der Waals surface area contributed by atoms with Gasteiger partial charge in [0.2, 0.25) is 0 Å². The monoisotopic (exact) mass is 336 g/mol. The van der Waals surface area contributed by atoms with Gasteiger partial charge in [0, 0.05) is 24.9 Å². The maximum absolute atomic E-state index is 12.7. The van der Waals surface area contributed by atoms with E-state index in [1.165, 1.54) is 9.13 Å². The molecule has 0 spiro atoms. The first-order valence-electron chi connectivity index (χ1n) is 8.53. The maximum Gasteiger partial charge on any atom is 0.333 e. The molecule has 1 aromatic rings. The van der Waals surface area contributed by atoms with Crippen LogP contribution in [0.2, 0.25) is 0 Å². The normalized spacial score (nSPS) is 20.5. The van der Waals surface area contributed by atoms with Crippen LogP contribution in [-0.4, -0.2) is 28.5 Å². The van der Waals surface area contributed by atoms with Gasteiger partial charge >= 0.3 is 5.69 Å². The highest BCUT2D eigenvalue weighted by Gasteiger charge is 2.23. The minimum Gasteiger partial charge on any atom is -0.378 e. The summed E-state index contributed by atoms with van der Waals surface area (Å²) in [5, 5.41) is 0. The van der Waals surface area contributed by atoms with Crippen LogP contribution >= 0.6 is 0 Å². The predicted octanol–water partition coefficient (Wildman–Crippen LogP) is 2.10. The third-order valence-corrected chi connectivity index (χ3v) is 3.73. The standard InChI is InChI=1S/C18H28N2O4/c1-12(2)8-20-17(21)14(5)9-19(18(20)22)16-7-6-15(24-16)11-23-10-13(3)4/h6-7,9,12-13,15-16H,8,10-11H2,1-5H3/t15-,16+/m0/s1. The molecule has 2 atom stereocenters. The number of rotatable bonds is 7. The molecule has 0 saturated carbocycles. The molecule has 0 fully saturated rings. The van der Waals surface area contributed by atoms with Crippen molar-refractivity contribution in [1.29, 1.82) is 0 Å². The molecule has 0 unspecified atom stereocenters. The lowest BCUT2D eigenvalue weighted by atomic mass is 10.2. The van der Waals surface area contributed by atoms with E-state index in [1.54, 1.807) is 13.1 Å². The average Bonchev–Trinajstić information content (AvgIpc) is 2.95. The van der Waals surface area contributed by atoms with Gasteiger partial charge in [-0.05, 0) is 24.8 Å². The summed E-state index contributed by atoms with van der Waals surface area (Å²) in [5.41, 5.74) is -0.0341. The van der Waals surface area contributed by atoms with E-state index >= 15 is 0 Å². The van der Waals surface area contributed by atoms with Crippen LogP contribution in [0, 0.1) is 18.8 Å². The maximum atomic E-state index is 12.7. The van der Waals surface area contributed by atoms with Crippen molar-refractivity contribution in [3.63, 3.8) is 0 Å². The lowest BCUT2D eigenvalue weighted by Crippen LogP contribution is -2.43. The Bertz CT molecular complexity index is 700. The Balaban J connectivity index is 2.16. The Kier molecular flexibility index (Phi) is 6.18. The fourth-order valence-electron chi connectivity index (χ4n) is 2.63. The van der Waals surface area contributed by atoms with Gasteiger partial charge in [0.25, 0.3) is 5.56 Å². The SMILES string of the molecule is Cc1cn([C@H]2C=C[C@@H](COCC(C)C)O2)c(=O)n(CC(C)C)c1=O. The van der Waals surface area contributed by atoms with Crippen LogP contribution in [0.1, 0.15) is 39.5 Å². The van der Waals surface area contributed by atoms with Crippen molar-refractivity contribution in [2.75, 3.05) is 13.2 Å². The molecule has 0 saturated heterocycles. The van der Waals surface area contributed by atoms with Crippen LogP contribution in [0.15, 0.2) is 27.9 Å². The van der Waals surface area contributed by atoms with Crippen molar-refractivity contribution in [3.8, 4) is 0 Å². The topological polar surface area (TPSA) is 62.5 Å². The van der Waals surface area contributed by atoms with E-state index in [4.69, 9.17) is 9.47 Å². The molecule has 6 nitrogen and oxygen atoms in total. The van der Waals surface area contributed by atoms with E-state index < -0.39 is 6.23 Å². The second-order valence-corrected chi connectivity index (χ2v) is 7.19. The zero-order valence-corrected chi connectivity index (χ0v) is 15.2. The van der Waals surface area contributed by atoms with Crippen molar-refractivity contribution >= 4 is 0 Å². The lowest BCUT2D eigenvalue weighted by Gasteiger charge is -2.19. The second-order valence-electron chi connectivity index (χ2n) is 7.19. The Morgan fingerprint density at radius 1 is 1.17 bits per heavy atom. The molecule has 0 aromatic carbocycles. The molecule has 24 heavy (non-hydrogen) atoms. The summed E-state index contributed by atoms with van der Waals surface area (Å²) in [6.07, 6.45) is 4.65. The molecule has 1 aliphatic heterocycles. The van der Waals surface area contributed by atoms with Crippen LogP contribution < -0.4 is 11.2 Å². The van der Waals surface area contributed by atoms with Gasteiger partial charge < -0.3 is 9.47 Å². The Labute approximate surface area is 142 Å². The van der Waals surface area contributed by atoms with E-state index in [9.17, 15) is 9.59 Å². The number of nitrogens with zero attached hydrogens (tertiary/aromatic N) is 2. The molecule has 1 aliphatic rings. The molecule has 2 rings (SSSR count). The van der Waals surface area contributed by atoms with Crippen molar-refractivity contribution in [3.05, 3.63) is 44.8 Å². The molecular weight excluding hydrogens is 308 g/mol. The molecule has 0 aliphatic carbocycles. The molecule has 0 N–H and O–H groups in total. The molecule has 134 valence electrons. The highest BCUT2D eigenvalue weighted by atomic mass is 16.5. The average molecular weight is 336 g/mol. The van der Waals surface area contributed by atoms with Crippen molar-refractivity contribution in [2.24, 2.45) is 11.8 Å². The van der Waals surface area contributed by atoms with E-state index in [1.807, 2.05) is 26.0 Å². The third-order valence-electron chi connectivity index (χ3n) is 3.73. The fourth-order valence-corrected chi connectivity index (χ4v) is 2.63. The number of aromatic nitrogens is 2. The third kappa shape index (κ3) is 4.45. The fraction of sp³-hybridized carbons (Fsp3) is 0.667. The van der Waals surface area contributed by atoms with Crippen LogP contribution in [-0.2, 0) is 16.0 Å². The van der Waals surface area contributed by atoms with Gasteiger partial charge in [0.15, 0.2) is 6.23 Å². The van der Waals surface area contributed by atoms with Crippen LogP contribution in [0.5, 0.6) is 0 Å². The largest absolute Gasteiger partial charge is 0.378 e. The van der Waals surface area contributed by atoms with E-state index in [-0.39, 0.29) is 23.3 Å². The Hall–Kier alpha value is -1.66. The summed E-state index contributed by atoms with van der Waals surface area (Å²) < 4.78 is 14.2. The highest BCUT2D eigenvalue weighted by molar-refractivity contribution is 5.07. The van der Waals surface area contributed by atoms with Gasteiger partial charge in [-0.1, -0.05) is 33.8 Å². The smallest absolute Gasteiger partial charge is 0.333 e. The Morgan fingerprint density at radius 2 is 1.88 bits per heavy atom. The molecular formula is C18H28N2O4. The summed E-state index contributed by atoms with van der Waals surface area (Å²) >= 11 is 0. The summed E-state index contributed by atoms with van der Waals surface area (Å²) in [7, 11) is 0. The van der Waals surface area contributed by atoms with Gasteiger partial charge in [0.05, 0.1) is 6.61 Å². The molecule has 0 bridgehead atoms. The lowest BCUT2D eigenvalue weighted by molar-refractivity contribution is -0.0351. The summed E-state index contributed by atoms with van der Waals surface area (Å²) in [6, 6.07) is 0. The molecule has 6 heteroatoms. The molecule has 0 amide bonds. The van der Waals surface area contributed by atoms with Gasteiger partial charge in [-0.2, -0.15) is 0 Å². The van der Waals surface area contributed by atoms with Gasteiger partial charge in [-0.25, -0.2) is 4.79 Å². The molecule has 2 heterocycles. The first-order valence-corrected chi connectivity index (χ1v) is 8.53. The summed E-state index contributed by atoms with van der Waals surface area (Å²) in [5.74, 6) is 0.680. The molecule has 1 aromatic heterocycles. The van der Waals surface area contributed by atoms with Crippen molar-refractivity contribution in [2.45, 2.75) is 53.5 Å². The van der Waals surface area contributed by atoms with E-state index in [0.29, 0.717) is 31.2 Å². The van der Waals surface area contributed by atoms with Gasteiger partial charge in [-0.15, -0.1) is 0 Å². The van der Waals surface area contributed by atoms with Crippen molar-refractivity contribution in [1.82, 2.24) is 9.13 Å². The zero-order chi connectivity index (χ0) is 17.9. The number of hydrogen-bond donors (Lipinski definition) is 0. The van der Waals surface area contributed by atoms with Crippen LogP contribution in [0.4, 0.5) is 0 Å². The minimum atomic E-state index is -0.497. The van der Waals surface area contributed by atoms with E-state index in [0.717, 1.165) is 0 Å². The van der Waals surface area contributed by atoms with Gasteiger partial charge in [-0.3, -0.25) is 13.9 Å². The Morgan fingerprint density at radius 3 is 2.50 bits per heavy atom. The summed E-state index contributed by atoms with van der Waals surface area (Å²) in [4.78, 5) is 24.9. The second kappa shape index (κ2) is 7.94. The van der Waals surface area contributed by atoms with Gasteiger partial charge in [0.1, 0.15) is 6.10 Å². The van der Waals surface area contributed by atoms with Crippen LogP contribution in [0.3, 0.4) is 0 Å². The highest BCUT2D eigenvalue weighted by Crippen LogP contribution is 2.20. The summed E-state index contributed by atoms with van der Waals surface area (Å²) in [6.45, 7) is 11.4. The predicted molar refractivity (Wildman–Crippen MR) is 93.2 cm³/mol. The number of ether oxygens (including phenoxy) is 2. The van der Waals surface area contributed by atoms with Crippen LogP contribution in [0.25, 0.3) is 0 Å². The zero-order valence-electron chi connectivity index (χ0n) is 15.2. The quantitative estimate of drug-likeness (QED) is 0.716. The molecule has 0 radical (unpaired) electrons. The minimum absolute atomic E-state index is 0.175. The number of aryl methyl sites for hydroxylation is 1. The first-order chi connectivity index (χ1) is 11.3.